The van der Waals surface area contributed by atoms with E-state index in [1.165, 1.54) is 5.56 Å². The molecule has 1 aliphatic heterocycles. The Balaban J connectivity index is 2.16. The maximum absolute atomic E-state index is 8.86. The minimum absolute atomic E-state index is 0.245. The molecule has 1 aromatic rings. The Morgan fingerprint density at radius 1 is 1.50 bits per heavy atom. The number of hydrogen-bond donors (Lipinski definition) is 3. The zero-order valence-electron chi connectivity index (χ0n) is 8.16. The summed E-state index contributed by atoms with van der Waals surface area (Å²) in [5.41, 5.74) is 8.97. The second-order valence-electron chi connectivity index (χ2n) is 3.81. The van der Waals surface area contributed by atoms with E-state index < -0.39 is 0 Å². The summed E-state index contributed by atoms with van der Waals surface area (Å²) >= 11 is 0. The number of rotatable bonds is 2. The van der Waals surface area contributed by atoms with Crippen LogP contribution in [0.1, 0.15) is 18.4 Å². The van der Waals surface area contributed by atoms with Crippen LogP contribution in [-0.4, -0.2) is 17.8 Å². The number of fused-ring (bicyclic) bond motifs is 1. The summed E-state index contributed by atoms with van der Waals surface area (Å²) in [5, 5.41) is 12.3. The first-order valence-corrected chi connectivity index (χ1v) is 5.05. The Kier molecular flexibility index (Phi) is 2.59. The molecular formula is C11H16N2O. The van der Waals surface area contributed by atoms with Gasteiger partial charge in [-0.25, -0.2) is 0 Å². The first-order valence-electron chi connectivity index (χ1n) is 5.05. The lowest BCUT2D eigenvalue weighted by atomic mass is 9.96. The number of anilines is 2. The van der Waals surface area contributed by atoms with Gasteiger partial charge in [-0.05, 0) is 37.0 Å². The molecule has 3 heteroatoms. The molecular weight excluding hydrogens is 176 g/mol. The highest BCUT2D eigenvalue weighted by Crippen LogP contribution is 2.27. The Bertz CT molecular complexity index is 325. The van der Waals surface area contributed by atoms with Crippen molar-refractivity contribution in [1.82, 2.24) is 0 Å². The number of nitrogens with one attached hydrogen (secondary N) is 1. The summed E-state index contributed by atoms with van der Waals surface area (Å²) in [6.45, 7) is 0.245. The van der Waals surface area contributed by atoms with Crippen LogP contribution in [0.3, 0.4) is 0 Å². The Morgan fingerprint density at radius 3 is 3.14 bits per heavy atom. The second-order valence-corrected chi connectivity index (χ2v) is 3.81. The van der Waals surface area contributed by atoms with Crippen LogP contribution >= 0.6 is 0 Å². The average Bonchev–Trinajstić information content (AvgIpc) is 2.17. The van der Waals surface area contributed by atoms with E-state index in [2.05, 4.69) is 11.4 Å². The third-order valence-corrected chi connectivity index (χ3v) is 2.73. The van der Waals surface area contributed by atoms with Crippen molar-refractivity contribution < 1.29 is 5.11 Å². The number of aliphatic hydroxyl groups is 1. The van der Waals surface area contributed by atoms with Gasteiger partial charge in [-0.1, -0.05) is 6.07 Å². The molecule has 76 valence electrons. The van der Waals surface area contributed by atoms with Crippen molar-refractivity contribution in [2.75, 3.05) is 17.7 Å². The van der Waals surface area contributed by atoms with Gasteiger partial charge in [0, 0.05) is 24.0 Å². The molecule has 1 unspecified atom stereocenters. The average molecular weight is 192 g/mol. The lowest BCUT2D eigenvalue weighted by molar-refractivity contribution is 0.276. The van der Waals surface area contributed by atoms with Gasteiger partial charge in [0.15, 0.2) is 0 Å². The SMILES string of the molecule is Nc1ccc2c(c1)NC(CCO)CC2. The summed E-state index contributed by atoms with van der Waals surface area (Å²) in [5.74, 6) is 0. The van der Waals surface area contributed by atoms with E-state index in [0.717, 1.165) is 30.6 Å². The minimum Gasteiger partial charge on any atom is -0.399 e. The first-order chi connectivity index (χ1) is 6.79. The minimum atomic E-state index is 0.245. The maximum Gasteiger partial charge on any atom is 0.0450 e. The highest BCUT2D eigenvalue weighted by molar-refractivity contribution is 5.61. The van der Waals surface area contributed by atoms with Crippen molar-refractivity contribution in [2.24, 2.45) is 0 Å². The topological polar surface area (TPSA) is 58.3 Å². The normalized spacial score (nSPS) is 19.9. The number of aliphatic hydroxyl groups excluding tert-OH is 1. The third-order valence-electron chi connectivity index (χ3n) is 2.73. The van der Waals surface area contributed by atoms with E-state index in [1.54, 1.807) is 0 Å². The maximum atomic E-state index is 8.86. The van der Waals surface area contributed by atoms with Gasteiger partial charge in [0.05, 0.1) is 0 Å². The van der Waals surface area contributed by atoms with Gasteiger partial charge in [-0.15, -0.1) is 0 Å². The predicted octanol–water partition coefficient (Wildman–Crippen LogP) is 1.38. The number of benzene rings is 1. The van der Waals surface area contributed by atoms with Crippen LogP contribution in [-0.2, 0) is 6.42 Å². The van der Waals surface area contributed by atoms with Crippen LogP contribution in [0, 0.1) is 0 Å². The summed E-state index contributed by atoms with van der Waals surface area (Å²) in [7, 11) is 0. The molecule has 1 aliphatic rings. The molecule has 3 nitrogen and oxygen atoms in total. The molecule has 1 aromatic carbocycles. The number of nitrogens with two attached hydrogens (primary N) is 1. The summed E-state index contributed by atoms with van der Waals surface area (Å²) in [6, 6.07) is 6.38. The van der Waals surface area contributed by atoms with Crippen LogP contribution in [0.4, 0.5) is 11.4 Å². The van der Waals surface area contributed by atoms with Gasteiger partial charge in [0.2, 0.25) is 0 Å². The summed E-state index contributed by atoms with van der Waals surface area (Å²) in [4.78, 5) is 0. The van der Waals surface area contributed by atoms with Gasteiger partial charge in [0.25, 0.3) is 0 Å². The van der Waals surface area contributed by atoms with E-state index in [0.29, 0.717) is 6.04 Å². The fraction of sp³-hybridized carbons (Fsp3) is 0.455. The lowest BCUT2D eigenvalue weighted by Gasteiger charge is -2.26. The van der Waals surface area contributed by atoms with Crippen LogP contribution in [0.2, 0.25) is 0 Å². The molecule has 0 radical (unpaired) electrons. The second kappa shape index (κ2) is 3.88. The van der Waals surface area contributed by atoms with Crippen molar-refractivity contribution >= 4 is 11.4 Å². The summed E-state index contributed by atoms with van der Waals surface area (Å²) < 4.78 is 0. The number of hydrogen-bond acceptors (Lipinski definition) is 3. The largest absolute Gasteiger partial charge is 0.399 e. The standard InChI is InChI=1S/C11H16N2O/c12-9-3-1-8-2-4-10(5-6-14)13-11(8)7-9/h1,3,7,10,13-14H,2,4-6,12H2. The summed E-state index contributed by atoms with van der Waals surface area (Å²) in [6.07, 6.45) is 2.99. The van der Waals surface area contributed by atoms with E-state index in [4.69, 9.17) is 10.8 Å². The molecule has 0 amide bonds. The van der Waals surface area contributed by atoms with Crippen molar-refractivity contribution in [3.63, 3.8) is 0 Å². The van der Waals surface area contributed by atoms with Gasteiger partial charge in [0.1, 0.15) is 0 Å². The molecule has 0 saturated heterocycles. The molecule has 0 spiro atoms. The van der Waals surface area contributed by atoms with Crippen LogP contribution in [0.5, 0.6) is 0 Å². The van der Waals surface area contributed by atoms with Crippen molar-refractivity contribution in [3.8, 4) is 0 Å². The predicted molar refractivity (Wildman–Crippen MR) is 58.3 cm³/mol. The highest BCUT2D eigenvalue weighted by Gasteiger charge is 2.16. The van der Waals surface area contributed by atoms with E-state index in [9.17, 15) is 0 Å². The Labute approximate surface area is 83.9 Å². The monoisotopic (exact) mass is 192 g/mol. The zero-order chi connectivity index (χ0) is 9.97. The van der Waals surface area contributed by atoms with Gasteiger partial charge >= 0.3 is 0 Å². The van der Waals surface area contributed by atoms with Crippen molar-refractivity contribution in [1.29, 1.82) is 0 Å². The lowest BCUT2D eigenvalue weighted by Crippen LogP contribution is -2.26. The quantitative estimate of drug-likeness (QED) is 0.620. The Morgan fingerprint density at radius 2 is 2.36 bits per heavy atom. The molecule has 1 heterocycles. The van der Waals surface area contributed by atoms with E-state index in [-0.39, 0.29) is 6.61 Å². The smallest absolute Gasteiger partial charge is 0.0450 e. The molecule has 1 atom stereocenters. The first kappa shape index (κ1) is 9.34. The number of aryl methyl sites for hydroxylation is 1. The molecule has 0 saturated carbocycles. The molecule has 0 fully saturated rings. The fourth-order valence-electron chi connectivity index (χ4n) is 1.94. The van der Waals surface area contributed by atoms with E-state index >= 15 is 0 Å². The van der Waals surface area contributed by atoms with Crippen LogP contribution in [0.25, 0.3) is 0 Å². The molecule has 2 rings (SSSR count). The fourth-order valence-corrected chi connectivity index (χ4v) is 1.94. The molecule has 4 N–H and O–H groups in total. The highest BCUT2D eigenvalue weighted by atomic mass is 16.3. The number of nitrogen functional groups attached to an aromatic ring is 1. The Hall–Kier alpha value is -1.22. The molecule has 0 bridgehead atoms. The van der Waals surface area contributed by atoms with Crippen molar-refractivity contribution in [2.45, 2.75) is 25.3 Å². The third kappa shape index (κ3) is 1.82. The molecule has 14 heavy (non-hydrogen) atoms. The molecule has 0 aliphatic carbocycles. The van der Waals surface area contributed by atoms with Gasteiger partial charge < -0.3 is 16.2 Å². The van der Waals surface area contributed by atoms with Crippen LogP contribution < -0.4 is 11.1 Å². The zero-order valence-corrected chi connectivity index (χ0v) is 8.16. The van der Waals surface area contributed by atoms with Gasteiger partial charge in [-0.2, -0.15) is 0 Å². The van der Waals surface area contributed by atoms with Gasteiger partial charge in [-0.3, -0.25) is 0 Å². The molecule has 0 aromatic heterocycles. The van der Waals surface area contributed by atoms with Crippen molar-refractivity contribution in [3.05, 3.63) is 23.8 Å². The van der Waals surface area contributed by atoms with E-state index in [1.807, 2.05) is 12.1 Å². The van der Waals surface area contributed by atoms with Crippen LogP contribution in [0.15, 0.2) is 18.2 Å².